The number of carbonyl (C=O) groups excluding carboxylic acids is 1. The topological polar surface area (TPSA) is 52.3 Å². The lowest BCUT2D eigenvalue weighted by Gasteiger charge is -2.11. The highest BCUT2D eigenvalue weighted by atomic mass is 35.5. The standard InChI is InChI=1S/C6H11F2NO2.ClH/c1-11-5(10)2-3-6(7,8)4-9;/h2-4,9H2,1H3;1H. The zero-order valence-corrected chi connectivity index (χ0v) is 7.50. The van der Waals surface area contributed by atoms with E-state index in [0.717, 1.165) is 7.11 Å². The molecular weight excluding hydrogens is 192 g/mol. The number of alkyl halides is 2. The average molecular weight is 204 g/mol. The first-order valence-electron chi connectivity index (χ1n) is 3.16. The Morgan fingerprint density at radius 3 is 2.42 bits per heavy atom. The molecule has 0 heterocycles. The van der Waals surface area contributed by atoms with Crippen LogP contribution in [0.3, 0.4) is 0 Å². The largest absolute Gasteiger partial charge is 0.469 e. The maximum absolute atomic E-state index is 12.3. The molecular formula is C6H12ClF2NO2. The van der Waals surface area contributed by atoms with Crippen LogP contribution in [0.25, 0.3) is 0 Å². The monoisotopic (exact) mass is 203 g/mol. The van der Waals surface area contributed by atoms with E-state index in [-0.39, 0.29) is 18.8 Å². The smallest absolute Gasteiger partial charge is 0.305 e. The average Bonchev–Trinajstić information content (AvgIpc) is 2.00. The molecule has 2 N–H and O–H groups in total. The van der Waals surface area contributed by atoms with E-state index in [1.165, 1.54) is 0 Å². The molecule has 3 nitrogen and oxygen atoms in total. The summed E-state index contributed by atoms with van der Waals surface area (Å²) in [5.74, 6) is -3.59. The Hall–Kier alpha value is -0.420. The van der Waals surface area contributed by atoms with Crippen molar-refractivity contribution in [2.24, 2.45) is 5.73 Å². The number of halogens is 3. The molecule has 0 aliphatic rings. The minimum Gasteiger partial charge on any atom is -0.469 e. The molecule has 0 rings (SSSR count). The summed E-state index contributed by atoms with van der Waals surface area (Å²) in [7, 11) is 1.16. The quantitative estimate of drug-likeness (QED) is 0.693. The van der Waals surface area contributed by atoms with Crippen molar-refractivity contribution in [1.82, 2.24) is 0 Å². The van der Waals surface area contributed by atoms with Gasteiger partial charge in [0.25, 0.3) is 5.92 Å². The number of hydrogen-bond donors (Lipinski definition) is 1. The normalized spacial score (nSPS) is 10.3. The van der Waals surface area contributed by atoms with E-state index < -0.39 is 24.9 Å². The van der Waals surface area contributed by atoms with Gasteiger partial charge in [-0.25, -0.2) is 8.78 Å². The zero-order chi connectivity index (χ0) is 8.91. The summed E-state index contributed by atoms with van der Waals surface area (Å²) in [5, 5.41) is 0. The Labute approximate surface area is 75.7 Å². The molecule has 0 spiro atoms. The summed E-state index contributed by atoms with van der Waals surface area (Å²) in [4.78, 5) is 10.4. The Bertz CT molecular complexity index is 144. The van der Waals surface area contributed by atoms with Crippen LogP contribution in [0.2, 0.25) is 0 Å². The van der Waals surface area contributed by atoms with E-state index in [4.69, 9.17) is 5.73 Å². The zero-order valence-electron chi connectivity index (χ0n) is 6.68. The van der Waals surface area contributed by atoms with Crippen LogP contribution in [0.1, 0.15) is 12.8 Å². The fraction of sp³-hybridized carbons (Fsp3) is 0.833. The molecule has 0 atom stereocenters. The molecule has 0 aromatic heterocycles. The molecule has 0 fully saturated rings. The Morgan fingerprint density at radius 1 is 1.58 bits per heavy atom. The van der Waals surface area contributed by atoms with Gasteiger partial charge in [0.05, 0.1) is 20.1 Å². The first-order valence-corrected chi connectivity index (χ1v) is 3.16. The van der Waals surface area contributed by atoms with Crippen molar-refractivity contribution in [1.29, 1.82) is 0 Å². The van der Waals surface area contributed by atoms with Gasteiger partial charge in [0, 0.05) is 6.42 Å². The third-order valence-electron chi connectivity index (χ3n) is 1.22. The lowest BCUT2D eigenvalue weighted by Crippen LogP contribution is -2.28. The van der Waals surface area contributed by atoms with Crippen molar-refractivity contribution < 1.29 is 18.3 Å². The summed E-state index contributed by atoms with van der Waals surface area (Å²) in [6.45, 7) is -0.732. The van der Waals surface area contributed by atoms with Crippen molar-refractivity contribution in [2.45, 2.75) is 18.8 Å². The first kappa shape index (κ1) is 14.1. The third kappa shape index (κ3) is 6.30. The van der Waals surface area contributed by atoms with E-state index in [9.17, 15) is 13.6 Å². The van der Waals surface area contributed by atoms with E-state index in [1.807, 2.05) is 0 Å². The highest BCUT2D eigenvalue weighted by molar-refractivity contribution is 5.85. The van der Waals surface area contributed by atoms with Gasteiger partial charge in [-0.15, -0.1) is 12.4 Å². The second-order valence-electron chi connectivity index (χ2n) is 2.14. The van der Waals surface area contributed by atoms with Gasteiger partial charge in [0.1, 0.15) is 0 Å². The molecule has 0 aromatic carbocycles. The molecule has 0 saturated heterocycles. The maximum Gasteiger partial charge on any atom is 0.305 e. The molecule has 0 aliphatic heterocycles. The number of methoxy groups -OCH3 is 1. The summed E-state index contributed by atoms with van der Waals surface area (Å²) in [5.41, 5.74) is 4.73. The molecule has 74 valence electrons. The van der Waals surface area contributed by atoms with Gasteiger partial charge in [-0.1, -0.05) is 0 Å². The van der Waals surface area contributed by atoms with Crippen LogP contribution in [0, 0.1) is 0 Å². The number of carbonyl (C=O) groups is 1. The van der Waals surface area contributed by atoms with Gasteiger partial charge >= 0.3 is 5.97 Å². The molecule has 0 aromatic rings. The van der Waals surface area contributed by atoms with E-state index in [0.29, 0.717) is 0 Å². The van der Waals surface area contributed by atoms with Gasteiger partial charge < -0.3 is 10.5 Å². The number of esters is 1. The number of nitrogens with two attached hydrogens (primary N) is 1. The summed E-state index contributed by atoms with van der Waals surface area (Å²) in [6.07, 6.45) is -0.836. The SMILES string of the molecule is COC(=O)CCC(F)(F)CN.Cl. The van der Waals surface area contributed by atoms with Gasteiger partial charge in [-0.3, -0.25) is 4.79 Å². The fourth-order valence-corrected chi connectivity index (χ4v) is 0.489. The second-order valence-corrected chi connectivity index (χ2v) is 2.14. The van der Waals surface area contributed by atoms with Crippen LogP contribution in [0.4, 0.5) is 8.78 Å². The Balaban J connectivity index is 0. The first-order chi connectivity index (χ1) is 5.02. The highest BCUT2D eigenvalue weighted by Gasteiger charge is 2.27. The molecule has 0 aliphatic carbocycles. The van der Waals surface area contributed by atoms with Crippen LogP contribution in [0.15, 0.2) is 0 Å². The fourth-order valence-electron chi connectivity index (χ4n) is 0.489. The van der Waals surface area contributed by atoms with Crippen molar-refractivity contribution in [2.75, 3.05) is 13.7 Å². The highest BCUT2D eigenvalue weighted by Crippen LogP contribution is 2.18. The van der Waals surface area contributed by atoms with Crippen LogP contribution in [-0.4, -0.2) is 25.5 Å². The number of rotatable bonds is 4. The lowest BCUT2D eigenvalue weighted by atomic mass is 10.2. The minimum atomic E-state index is -2.95. The molecule has 6 heteroatoms. The van der Waals surface area contributed by atoms with Crippen LogP contribution >= 0.6 is 12.4 Å². The molecule has 0 unspecified atom stereocenters. The molecule has 0 radical (unpaired) electrons. The predicted molar refractivity (Wildman–Crippen MR) is 42.5 cm³/mol. The summed E-state index contributed by atoms with van der Waals surface area (Å²) in [6, 6.07) is 0. The third-order valence-corrected chi connectivity index (χ3v) is 1.22. The number of hydrogen-bond acceptors (Lipinski definition) is 3. The molecule has 0 bridgehead atoms. The lowest BCUT2D eigenvalue weighted by molar-refractivity contribution is -0.142. The van der Waals surface area contributed by atoms with Crippen LogP contribution in [-0.2, 0) is 9.53 Å². The van der Waals surface area contributed by atoms with Gasteiger partial charge in [0.15, 0.2) is 0 Å². The molecule has 0 amide bonds. The number of ether oxygens (including phenoxy) is 1. The predicted octanol–water partition coefficient (Wildman–Crippen LogP) is 0.955. The molecule has 0 saturated carbocycles. The van der Waals surface area contributed by atoms with Crippen molar-refractivity contribution >= 4 is 18.4 Å². The van der Waals surface area contributed by atoms with Gasteiger partial charge in [-0.2, -0.15) is 0 Å². The Morgan fingerprint density at radius 2 is 2.08 bits per heavy atom. The minimum absolute atomic E-state index is 0. The van der Waals surface area contributed by atoms with E-state index in [2.05, 4.69) is 4.74 Å². The Kier molecular flexibility index (Phi) is 7.22. The van der Waals surface area contributed by atoms with Crippen LogP contribution < -0.4 is 5.73 Å². The summed E-state index contributed by atoms with van der Waals surface area (Å²) < 4.78 is 28.8. The van der Waals surface area contributed by atoms with Crippen LogP contribution in [0.5, 0.6) is 0 Å². The van der Waals surface area contributed by atoms with Crippen molar-refractivity contribution in [3.05, 3.63) is 0 Å². The second kappa shape index (κ2) is 6.14. The summed E-state index contributed by atoms with van der Waals surface area (Å²) >= 11 is 0. The van der Waals surface area contributed by atoms with E-state index in [1.54, 1.807) is 0 Å². The van der Waals surface area contributed by atoms with Crippen molar-refractivity contribution in [3.63, 3.8) is 0 Å². The van der Waals surface area contributed by atoms with Gasteiger partial charge in [-0.05, 0) is 0 Å². The van der Waals surface area contributed by atoms with E-state index >= 15 is 0 Å². The van der Waals surface area contributed by atoms with Crippen molar-refractivity contribution in [3.8, 4) is 0 Å². The van der Waals surface area contributed by atoms with Gasteiger partial charge in [0.2, 0.25) is 0 Å². The molecule has 12 heavy (non-hydrogen) atoms. The maximum atomic E-state index is 12.3.